The van der Waals surface area contributed by atoms with Crippen LogP contribution in [0.5, 0.6) is 0 Å². The molecule has 2 heterocycles. The molecule has 0 saturated heterocycles. The molecule has 0 amide bonds. The van der Waals surface area contributed by atoms with Crippen LogP contribution in [0.3, 0.4) is 0 Å². The van der Waals surface area contributed by atoms with Gasteiger partial charge >= 0.3 is 5.97 Å². The van der Waals surface area contributed by atoms with Crippen molar-refractivity contribution < 1.29 is 9.90 Å². The largest absolute Gasteiger partial charge is 0.481 e. The number of benzene rings is 2. The van der Waals surface area contributed by atoms with E-state index >= 15 is 0 Å². The van der Waals surface area contributed by atoms with Gasteiger partial charge in [0.1, 0.15) is 6.33 Å². The molecule has 0 aliphatic carbocycles. The van der Waals surface area contributed by atoms with Crippen molar-refractivity contribution in [3.63, 3.8) is 0 Å². The van der Waals surface area contributed by atoms with Crippen molar-refractivity contribution in [2.75, 3.05) is 0 Å². The molecule has 4 rings (SSSR count). The first kappa shape index (κ1) is 15.1. The van der Waals surface area contributed by atoms with Gasteiger partial charge in [0, 0.05) is 17.4 Å². The molecule has 5 heteroatoms. The second kappa shape index (κ2) is 6.20. The van der Waals surface area contributed by atoms with Gasteiger partial charge in [-0.15, -0.1) is 0 Å². The lowest BCUT2D eigenvalue weighted by Gasteiger charge is -2.06. The third-order valence-electron chi connectivity index (χ3n) is 4.08. The molecule has 0 unspecified atom stereocenters. The second-order valence-corrected chi connectivity index (χ2v) is 5.77. The van der Waals surface area contributed by atoms with Gasteiger partial charge in [0.15, 0.2) is 0 Å². The van der Waals surface area contributed by atoms with Crippen LogP contribution in [-0.4, -0.2) is 25.6 Å². The van der Waals surface area contributed by atoms with Crippen LogP contribution in [-0.2, 0) is 11.2 Å². The number of aromatic nitrogens is 3. The Bertz CT molecular complexity index is 1040. The fourth-order valence-electron chi connectivity index (χ4n) is 2.86. The Hall–Kier alpha value is -3.47. The van der Waals surface area contributed by atoms with E-state index in [4.69, 9.17) is 5.11 Å². The van der Waals surface area contributed by atoms with Crippen LogP contribution in [0, 0.1) is 0 Å². The molecular formula is C20H15N3O2. The highest BCUT2D eigenvalue weighted by atomic mass is 16.4. The van der Waals surface area contributed by atoms with Gasteiger partial charge in [-0.1, -0.05) is 24.3 Å². The quantitative estimate of drug-likeness (QED) is 0.620. The zero-order chi connectivity index (χ0) is 17.2. The van der Waals surface area contributed by atoms with Crippen molar-refractivity contribution in [2.45, 2.75) is 6.42 Å². The van der Waals surface area contributed by atoms with Crippen molar-refractivity contribution in [2.24, 2.45) is 0 Å². The average molecular weight is 329 g/mol. The van der Waals surface area contributed by atoms with E-state index in [1.54, 1.807) is 12.5 Å². The van der Waals surface area contributed by atoms with Gasteiger partial charge in [-0.3, -0.25) is 14.3 Å². The Morgan fingerprint density at radius 1 is 1.00 bits per heavy atom. The van der Waals surface area contributed by atoms with E-state index in [-0.39, 0.29) is 6.42 Å². The van der Waals surface area contributed by atoms with Crippen molar-refractivity contribution >= 4 is 17.0 Å². The third kappa shape index (κ3) is 2.99. The van der Waals surface area contributed by atoms with Crippen LogP contribution in [0.25, 0.3) is 28.0 Å². The molecule has 2 aromatic heterocycles. The number of carboxylic acid groups (broad SMARTS) is 1. The predicted octanol–water partition coefficient (Wildman–Crippen LogP) is 3.71. The molecule has 0 aliphatic heterocycles. The summed E-state index contributed by atoms with van der Waals surface area (Å²) in [7, 11) is 0. The zero-order valence-electron chi connectivity index (χ0n) is 13.3. The maximum absolute atomic E-state index is 10.8. The van der Waals surface area contributed by atoms with E-state index in [9.17, 15) is 4.79 Å². The molecule has 0 atom stereocenters. The number of fused-ring (bicyclic) bond motifs is 1. The molecule has 5 nitrogen and oxygen atoms in total. The monoisotopic (exact) mass is 329 g/mol. The number of rotatable bonds is 4. The molecule has 122 valence electrons. The van der Waals surface area contributed by atoms with E-state index in [0.717, 1.165) is 33.5 Å². The summed E-state index contributed by atoms with van der Waals surface area (Å²) < 4.78 is 1.99. The van der Waals surface area contributed by atoms with E-state index < -0.39 is 5.97 Å². The van der Waals surface area contributed by atoms with Gasteiger partial charge in [0.25, 0.3) is 0 Å². The van der Waals surface area contributed by atoms with Gasteiger partial charge in [0.05, 0.1) is 23.1 Å². The fourth-order valence-corrected chi connectivity index (χ4v) is 2.86. The molecule has 0 aliphatic rings. The summed E-state index contributed by atoms with van der Waals surface area (Å²) in [6.45, 7) is 0. The molecule has 0 spiro atoms. The second-order valence-electron chi connectivity index (χ2n) is 5.77. The van der Waals surface area contributed by atoms with Crippen LogP contribution in [0.1, 0.15) is 5.56 Å². The number of hydrogen-bond acceptors (Lipinski definition) is 3. The zero-order valence-corrected chi connectivity index (χ0v) is 13.3. The third-order valence-corrected chi connectivity index (χ3v) is 4.08. The standard InChI is InChI=1S/C20H15N3O2/c24-20(25)11-14-4-7-16(8-5-14)23-13-22-18-12-15(6-9-19(18)23)17-3-1-2-10-21-17/h1-10,12-13H,11H2,(H,24,25). The number of nitrogens with zero attached hydrogens (tertiary/aromatic N) is 3. The Morgan fingerprint density at radius 3 is 2.56 bits per heavy atom. The predicted molar refractivity (Wildman–Crippen MR) is 95.6 cm³/mol. The normalized spacial score (nSPS) is 10.9. The highest BCUT2D eigenvalue weighted by Gasteiger charge is 2.08. The average Bonchev–Trinajstić information content (AvgIpc) is 3.06. The highest BCUT2D eigenvalue weighted by molar-refractivity contribution is 5.82. The lowest BCUT2D eigenvalue weighted by molar-refractivity contribution is -0.136. The Balaban J connectivity index is 1.70. The SMILES string of the molecule is O=C(O)Cc1ccc(-n2cnc3cc(-c4ccccn4)ccc32)cc1. The summed E-state index contributed by atoms with van der Waals surface area (Å²) in [6, 6.07) is 19.4. The minimum absolute atomic E-state index is 0.0262. The first-order chi connectivity index (χ1) is 12.2. The maximum Gasteiger partial charge on any atom is 0.307 e. The number of pyridine rings is 1. The molecule has 1 N–H and O–H groups in total. The number of carbonyl (C=O) groups is 1. The van der Waals surface area contributed by atoms with Gasteiger partial charge in [-0.05, 0) is 42.0 Å². The van der Waals surface area contributed by atoms with Crippen LogP contribution in [0.4, 0.5) is 0 Å². The summed E-state index contributed by atoms with van der Waals surface area (Å²) in [5.74, 6) is -0.831. The molecule has 2 aromatic carbocycles. The molecular weight excluding hydrogens is 314 g/mol. The highest BCUT2D eigenvalue weighted by Crippen LogP contribution is 2.24. The summed E-state index contributed by atoms with van der Waals surface area (Å²) in [6.07, 6.45) is 3.58. The van der Waals surface area contributed by atoms with E-state index in [1.807, 2.05) is 65.2 Å². The van der Waals surface area contributed by atoms with Crippen LogP contribution in [0.2, 0.25) is 0 Å². The number of hydrogen-bond donors (Lipinski definition) is 1. The van der Waals surface area contributed by atoms with Gasteiger partial charge in [0.2, 0.25) is 0 Å². The van der Waals surface area contributed by atoms with E-state index in [2.05, 4.69) is 9.97 Å². The van der Waals surface area contributed by atoms with Crippen molar-refractivity contribution in [3.05, 3.63) is 78.8 Å². The summed E-state index contributed by atoms with van der Waals surface area (Å²) >= 11 is 0. The minimum Gasteiger partial charge on any atom is -0.481 e. The van der Waals surface area contributed by atoms with Gasteiger partial charge in [-0.2, -0.15) is 0 Å². The number of aliphatic carboxylic acids is 1. The van der Waals surface area contributed by atoms with Crippen molar-refractivity contribution in [1.82, 2.24) is 14.5 Å². The van der Waals surface area contributed by atoms with E-state index in [0.29, 0.717) is 0 Å². The topological polar surface area (TPSA) is 68.0 Å². The van der Waals surface area contributed by atoms with Crippen molar-refractivity contribution in [1.29, 1.82) is 0 Å². The molecule has 0 saturated carbocycles. The Morgan fingerprint density at radius 2 is 1.84 bits per heavy atom. The Labute approximate surface area is 144 Å². The summed E-state index contributed by atoms with van der Waals surface area (Å²) in [4.78, 5) is 19.7. The molecule has 0 fully saturated rings. The van der Waals surface area contributed by atoms with Crippen LogP contribution in [0.15, 0.2) is 73.2 Å². The van der Waals surface area contributed by atoms with Gasteiger partial charge < -0.3 is 5.11 Å². The first-order valence-corrected chi connectivity index (χ1v) is 7.90. The minimum atomic E-state index is -0.831. The van der Waals surface area contributed by atoms with E-state index in [1.165, 1.54) is 0 Å². The summed E-state index contributed by atoms with van der Waals surface area (Å²) in [5.41, 5.74) is 5.54. The Kier molecular flexibility index (Phi) is 3.74. The van der Waals surface area contributed by atoms with Crippen molar-refractivity contribution in [3.8, 4) is 16.9 Å². The van der Waals surface area contributed by atoms with Gasteiger partial charge in [-0.25, -0.2) is 4.98 Å². The van der Waals surface area contributed by atoms with Crippen LogP contribution < -0.4 is 0 Å². The first-order valence-electron chi connectivity index (χ1n) is 7.90. The lowest BCUT2D eigenvalue weighted by Crippen LogP contribution is -2.00. The maximum atomic E-state index is 10.8. The fraction of sp³-hybridized carbons (Fsp3) is 0.0500. The molecule has 0 bridgehead atoms. The molecule has 4 aromatic rings. The molecule has 0 radical (unpaired) electrons. The number of imidazole rings is 1. The van der Waals surface area contributed by atoms with Crippen LogP contribution >= 0.6 is 0 Å². The smallest absolute Gasteiger partial charge is 0.307 e. The summed E-state index contributed by atoms with van der Waals surface area (Å²) in [5, 5.41) is 8.86. The lowest BCUT2D eigenvalue weighted by atomic mass is 10.1. The number of carboxylic acids is 1. The molecule has 25 heavy (non-hydrogen) atoms.